The fourth-order valence-electron chi connectivity index (χ4n) is 2.15. The summed E-state index contributed by atoms with van der Waals surface area (Å²) in [6, 6.07) is 6.81. The van der Waals surface area contributed by atoms with E-state index in [1.54, 1.807) is 24.3 Å². The van der Waals surface area contributed by atoms with Crippen LogP contribution < -0.4 is 4.74 Å². The highest BCUT2D eigenvalue weighted by molar-refractivity contribution is 5.90. The number of hydrogen-bond acceptors (Lipinski definition) is 2. The molecule has 2 rings (SSSR count). The first-order valence-corrected chi connectivity index (χ1v) is 5.72. The van der Waals surface area contributed by atoms with Gasteiger partial charge in [-0.25, -0.2) is 4.79 Å². The summed E-state index contributed by atoms with van der Waals surface area (Å²) in [4.78, 5) is 10.9. The van der Waals surface area contributed by atoms with E-state index >= 15 is 0 Å². The van der Waals surface area contributed by atoms with E-state index in [0.717, 1.165) is 0 Å². The van der Waals surface area contributed by atoms with E-state index in [1.165, 1.54) is 25.7 Å². The Bertz CT molecular complexity index is 367. The molecule has 0 spiro atoms. The standard InChI is InChI=1S/C13H16O3/c14-13(15)11-7-3-4-8-12(11)16-9-10-5-1-2-6-10/h3-4,7-8,10H,1-2,5-6,9H2,(H,14,15). The van der Waals surface area contributed by atoms with E-state index in [0.29, 0.717) is 18.3 Å². The molecule has 1 aliphatic rings. The van der Waals surface area contributed by atoms with Crippen LogP contribution in [0.4, 0.5) is 0 Å². The summed E-state index contributed by atoms with van der Waals surface area (Å²) in [5.74, 6) is 0.158. The van der Waals surface area contributed by atoms with E-state index in [2.05, 4.69) is 0 Å². The molecular formula is C13H16O3. The number of hydrogen-bond donors (Lipinski definition) is 1. The SMILES string of the molecule is O=C(O)c1ccccc1OCC1CCCC1. The average molecular weight is 220 g/mol. The van der Waals surface area contributed by atoms with E-state index in [-0.39, 0.29) is 5.56 Å². The minimum Gasteiger partial charge on any atom is -0.492 e. The molecule has 3 nitrogen and oxygen atoms in total. The zero-order valence-electron chi connectivity index (χ0n) is 9.19. The lowest BCUT2D eigenvalue weighted by atomic mass is 10.1. The molecule has 3 heteroatoms. The average Bonchev–Trinajstić information content (AvgIpc) is 2.79. The molecule has 0 atom stereocenters. The highest BCUT2D eigenvalue weighted by atomic mass is 16.5. The Labute approximate surface area is 95.0 Å². The largest absolute Gasteiger partial charge is 0.492 e. The van der Waals surface area contributed by atoms with Crippen molar-refractivity contribution in [1.29, 1.82) is 0 Å². The molecule has 0 bridgehead atoms. The first-order valence-electron chi connectivity index (χ1n) is 5.72. The topological polar surface area (TPSA) is 46.5 Å². The smallest absolute Gasteiger partial charge is 0.339 e. The number of carbonyl (C=O) groups is 1. The van der Waals surface area contributed by atoms with Crippen molar-refractivity contribution in [2.24, 2.45) is 5.92 Å². The van der Waals surface area contributed by atoms with Gasteiger partial charge in [-0.1, -0.05) is 25.0 Å². The number of carboxylic acid groups (broad SMARTS) is 1. The Kier molecular flexibility index (Phi) is 3.44. The van der Waals surface area contributed by atoms with Gasteiger partial charge in [-0.3, -0.25) is 0 Å². The van der Waals surface area contributed by atoms with Crippen LogP contribution in [0.5, 0.6) is 5.75 Å². The summed E-state index contributed by atoms with van der Waals surface area (Å²) in [5.41, 5.74) is 0.250. The van der Waals surface area contributed by atoms with Gasteiger partial charge in [0, 0.05) is 0 Å². The maximum absolute atomic E-state index is 10.9. The molecule has 1 aromatic carbocycles. The quantitative estimate of drug-likeness (QED) is 0.848. The summed E-state index contributed by atoms with van der Waals surface area (Å²) in [6.07, 6.45) is 4.95. The van der Waals surface area contributed by atoms with Gasteiger partial charge in [-0.15, -0.1) is 0 Å². The van der Waals surface area contributed by atoms with Gasteiger partial charge in [-0.05, 0) is 30.9 Å². The second-order valence-corrected chi connectivity index (χ2v) is 4.26. The molecule has 1 aromatic rings. The third kappa shape index (κ3) is 2.54. The number of para-hydroxylation sites is 1. The Morgan fingerprint density at radius 1 is 1.31 bits per heavy atom. The van der Waals surface area contributed by atoms with Gasteiger partial charge in [0.15, 0.2) is 0 Å². The molecule has 0 saturated heterocycles. The van der Waals surface area contributed by atoms with Crippen molar-refractivity contribution in [2.45, 2.75) is 25.7 Å². The first-order chi connectivity index (χ1) is 7.77. The predicted molar refractivity (Wildman–Crippen MR) is 60.9 cm³/mol. The van der Waals surface area contributed by atoms with Crippen LogP contribution in [0.15, 0.2) is 24.3 Å². The minimum atomic E-state index is -0.929. The van der Waals surface area contributed by atoms with E-state index in [1.807, 2.05) is 0 Å². The van der Waals surface area contributed by atoms with E-state index in [4.69, 9.17) is 9.84 Å². The van der Waals surface area contributed by atoms with Crippen LogP contribution in [-0.2, 0) is 0 Å². The van der Waals surface area contributed by atoms with Crippen molar-refractivity contribution in [3.05, 3.63) is 29.8 Å². The lowest BCUT2D eigenvalue weighted by Crippen LogP contribution is -2.10. The second-order valence-electron chi connectivity index (χ2n) is 4.26. The normalized spacial score (nSPS) is 16.2. The lowest BCUT2D eigenvalue weighted by molar-refractivity contribution is 0.0691. The maximum Gasteiger partial charge on any atom is 0.339 e. The molecule has 0 heterocycles. The van der Waals surface area contributed by atoms with Gasteiger partial charge in [0.25, 0.3) is 0 Å². The van der Waals surface area contributed by atoms with Crippen LogP contribution in [0.2, 0.25) is 0 Å². The monoisotopic (exact) mass is 220 g/mol. The molecule has 0 radical (unpaired) electrons. The van der Waals surface area contributed by atoms with Gasteiger partial charge >= 0.3 is 5.97 Å². The van der Waals surface area contributed by atoms with Crippen molar-refractivity contribution in [2.75, 3.05) is 6.61 Å². The van der Waals surface area contributed by atoms with Gasteiger partial charge in [0.1, 0.15) is 11.3 Å². The number of aromatic carboxylic acids is 1. The second kappa shape index (κ2) is 5.01. The van der Waals surface area contributed by atoms with Crippen molar-refractivity contribution in [3.63, 3.8) is 0 Å². The number of rotatable bonds is 4. The number of carboxylic acids is 1. The van der Waals surface area contributed by atoms with Crippen LogP contribution >= 0.6 is 0 Å². The van der Waals surface area contributed by atoms with Crippen LogP contribution in [0.1, 0.15) is 36.0 Å². The molecule has 0 amide bonds. The van der Waals surface area contributed by atoms with Gasteiger partial charge < -0.3 is 9.84 Å². The van der Waals surface area contributed by atoms with Crippen LogP contribution in [0, 0.1) is 5.92 Å². The van der Waals surface area contributed by atoms with Crippen LogP contribution in [0.3, 0.4) is 0 Å². The number of ether oxygens (including phenoxy) is 1. The Morgan fingerprint density at radius 2 is 2.00 bits per heavy atom. The van der Waals surface area contributed by atoms with E-state index in [9.17, 15) is 4.79 Å². The van der Waals surface area contributed by atoms with Gasteiger partial charge in [0.05, 0.1) is 6.61 Å². The van der Waals surface area contributed by atoms with Gasteiger partial charge in [-0.2, -0.15) is 0 Å². The summed E-state index contributed by atoms with van der Waals surface area (Å²) in [6.45, 7) is 0.643. The zero-order chi connectivity index (χ0) is 11.4. The first kappa shape index (κ1) is 11.0. The van der Waals surface area contributed by atoms with Crippen molar-refractivity contribution in [1.82, 2.24) is 0 Å². The Balaban J connectivity index is 2.00. The molecule has 1 N–H and O–H groups in total. The Hall–Kier alpha value is -1.51. The molecule has 0 aromatic heterocycles. The molecule has 1 saturated carbocycles. The number of benzene rings is 1. The molecule has 16 heavy (non-hydrogen) atoms. The van der Waals surface area contributed by atoms with Crippen molar-refractivity contribution >= 4 is 5.97 Å². The highest BCUT2D eigenvalue weighted by Gasteiger charge is 2.17. The fraction of sp³-hybridized carbons (Fsp3) is 0.462. The van der Waals surface area contributed by atoms with Gasteiger partial charge in [0.2, 0.25) is 0 Å². The van der Waals surface area contributed by atoms with E-state index < -0.39 is 5.97 Å². The molecular weight excluding hydrogens is 204 g/mol. The maximum atomic E-state index is 10.9. The fourth-order valence-corrected chi connectivity index (χ4v) is 2.15. The summed E-state index contributed by atoms with van der Waals surface area (Å²) < 4.78 is 5.60. The van der Waals surface area contributed by atoms with Crippen LogP contribution in [0.25, 0.3) is 0 Å². The van der Waals surface area contributed by atoms with Crippen molar-refractivity contribution in [3.8, 4) is 5.75 Å². The van der Waals surface area contributed by atoms with Crippen molar-refractivity contribution < 1.29 is 14.6 Å². The summed E-state index contributed by atoms with van der Waals surface area (Å²) in [7, 11) is 0. The molecule has 0 aliphatic heterocycles. The molecule has 86 valence electrons. The third-order valence-corrected chi connectivity index (χ3v) is 3.07. The summed E-state index contributed by atoms with van der Waals surface area (Å²) >= 11 is 0. The minimum absolute atomic E-state index is 0.250. The molecule has 0 unspecified atom stereocenters. The third-order valence-electron chi connectivity index (χ3n) is 3.07. The molecule has 1 aliphatic carbocycles. The summed E-state index contributed by atoms with van der Waals surface area (Å²) in [5, 5.41) is 8.98. The Morgan fingerprint density at radius 3 is 2.69 bits per heavy atom. The predicted octanol–water partition coefficient (Wildman–Crippen LogP) is 2.95. The molecule has 1 fully saturated rings. The highest BCUT2D eigenvalue weighted by Crippen LogP contribution is 2.26. The lowest BCUT2D eigenvalue weighted by Gasteiger charge is -2.12. The zero-order valence-corrected chi connectivity index (χ0v) is 9.19. The van der Waals surface area contributed by atoms with Crippen LogP contribution in [-0.4, -0.2) is 17.7 Å².